The largest absolute Gasteiger partial charge is 0.299 e. The molecule has 62 valence electrons. The van der Waals surface area contributed by atoms with Gasteiger partial charge in [-0.1, -0.05) is 31.2 Å². The van der Waals surface area contributed by atoms with Crippen molar-refractivity contribution in [2.24, 2.45) is 16.7 Å². The van der Waals surface area contributed by atoms with Crippen molar-refractivity contribution in [3.63, 3.8) is 0 Å². The van der Waals surface area contributed by atoms with Gasteiger partial charge < -0.3 is 0 Å². The molecular weight excluding hydrogens is 148 g/mol. The van der Waals surface area contributed by atoms with Crippen molar-refractivity contribution in [2.75, 3.05) is 0 Å². The van der Waals surface area contributed by atoms with Crippen LogP contribution in [0.5, 0.6) is 0 Å². The van der Waals surface area contributed by atoms with Gasteiger partial charge in [0, 0.05) is 23.2 Å². The minimum atomic E-state index is -0.0174. The van der Waals surface area contributed by atoms with Crippen LogP contribution in [0.15, 0.2) is 24.3 Å². The number of ketones is 1. The van der Waals surface area contributed by atoms with Crippen LogP contribution in [-0.4, -0.2) is 5.78 Å². The fourth-order valence-corrected chi connectivity index (χ4v) is 3.31. The molecule has 3 rings (SSSR count). The Kier molecular flexibility index (Phi) is 0.878. The third-order valence-corrected chi connectivity index (χ3v) is 4.21. The molecule has 1 nitrogen and oxygen atoms in total. The first-order valence-electron chi connectivity index (χ1n) is 4.61. The molecule has 0 aromatic heterocycles. The predicted octanol–water partition coefficient (Wildman–Crippen LogP) is 2.10. The molecule has 0 amide bonds. The Morgan fingerprint density at radius 2 is 2.33 bits per heavy atom. The van der Waals surface area contributed by atoms with Gasteiger partial charge in [0.25, 0.3) is 0 Å². The van der Waals surface area contributed by atoms with Gasteiger partial charge in [-0.05, 0) is 6.42 Å². The number of carbonyl (C=O) groups excluding carboxylic acids is 1. The van der Waals surface area contributed by atoms with E-state index in [-0.39, 0.29) is 10.8 Å². The molecule has 0 saturated heterocycles. The summed E-state index contributed by atoms with van der Waals surface area (Å²) in [4.78, 5) is 11.6. The van der Waals surface area contributed by atoms with Gasteiger partial charge in [-0.2, -0.15) is 0 Å². The van der Waals surface area contributed by atoms with E-state index in [2.05, 4.69) is 31.2 Å². The van der Waals surface area contributed by atoms with E-state index in [1.165, 1.54) is 0 Å². The minimum Gasteiger partial charge on any atom is -0.299 e. The maximum atomic E-state index is 11.6. The Morgan fingerprint density at radius 3 is 3.08 bits per heavy atom. The Balaban J connectivity index is 2.15. The lowest BCUT2D eigenvalue weighted by Crippen LogP contribution is -2.10. The van der Waals surface area contributed by atoms with Crippen molar-refractivity contribution in [1.29, 1.82) is 0 Å². The highest BCUT2D eigenvalue weighted by Crippen LogP contribution is 2.77. The van der Waals surface area contributed by atoms with Crippen molar-refractivity contribution in [1.82, 2.24) is 0 Å². The normalized spacial score (nSPS) is 53.8. The van der Waals surface area contributed by atoms with Crippen molar-refractivity contribution in [2.45, 2.75) is 19.8 Å². The second-order valence-corrected chi connectivity index (χ2v) is 4.39. The summed E-state index contributed by atoms with van der Waals surface area (Å²) in [5.74, 6) is 1.000. The molecular formula is C11H12O. The zero-order valence-corrected chi connectivity index (χ0v) is 7.21. The van der Waals surface area contributed by atoms with E-state index in [1.807, 2.05) is 0 Å². The summed E-state index contributed by atoms with van der Waals surface area (Å²) in [5.41, 5.74) is 0.231. The Hall–Kier alpha value is -0.850. The molecule has 3 atom stereocenters. The molecule has 3 aliphatic carbocycles. The molecule has 0 bridgehead atoms. The van der Waals surface area contributed by atoms with Crippen LogP contribution in [0.2, 0.25) is 0 Å². The van der Waals surface area contributed by atoms with Crippen LogP contribution in [-0.2, 0) is 4.79 Å². The smallest absolute Gasteiger partial charge is 0.140 e. The van der Waals surface area contributed by atoms with Gasteiger partial charge in [-0.25, -0.2) is 0 Å². The molecule has 1 heteroatoms. The number of hydrogen-bond donors (Lipinski definition) is 0. The molecule has 0 aromatic rings. The van der Waals surface area contributed by atoms with Crippen LogP contribution in [0.3, 0.4) is 0 Å². The molecule has 0 aliphatic heterocycles. The van der Waals surface area contributed by atoms with Crippen LogP contribution in [0.4, 0.5) is 0 Å². The number of fused-ring (bicyclic) bond motifs is 1. The summed E-state index contributed by atoms with van der Waals surface area (Å²) in [6.07, 6.45) is 10.5. The molecule has 0 N–H and O–H groups in total. The number of carbonyl (C=O) groups is 1. The molecule has 0 aromatic carbocycles. The zero-order chi connectivity index (χ0) is 8.40. The second-order valence-electron chi connectivity index (χ2n) is 4.39. The third-order valence-electron chi connectivity index (χ3n) is 4.21. The standard InChI is InChI=1S/C11H12O/c1-10-8-4-2-3-6-11(8,10)7-5-9(10)12/h2-4,6,8H,5,7H2,1H3. The predicted molar refractivity (Wildman–Crippen MR) is 46.6 cm³/mol. The monoisotopic (exact) mass is 160 g/mol. The van der Waals surface area contributed by atoms with Crippen LogP contribution < -0.4 is 0 Å². The van der Waals surface area contributed by atoms with Crippen LogP contribution >= 0.6 is 0 Å². The number of rotatable bonds is 0. The lowest BCUT2D eigenvalue weighted by atomic mass is 9.95. The summed E-state index contributed by atoms with van der Waals surface area (Å²) < 4.78 is 0. The molecule has 1 spiro atoms. The van der Waals surface area contributed by atoms with E-state index < -0.39 is 0 Å². The molecule has 3 unspecified atom stereocenters. The quantitative estimate of drug-likeness (QED) is 0.530. The lowest BCUT2D eigenvalue weighted by molar-refractivity contribution is -0.122. The lowest BCUT2D eigenvalue weighted by Gasteiger charge is -2.08. The van der Waals surface area contributed by atoms with Gasteiger partial charge in [-0.15, -0.1) is 0 Å². The highest BCUT2D eigenvalue weighted by atomic mass is 16.1. The van der Waals surface area contributed by atoms with Crippen LogP contribution in [0.25, 0.3) is 0 Å². The van der Waals surface area contributed by atoms with E-state index in [9.17, 15) is 4.79 Å². The van der Waals surface area contributed by atoms with E-state index in [1.54, 1.807) is 0 Å². The van der Waals surface area contributed by atoms with E-state index in [0.717, 1.165) is 12.8 Å². The molecule has 0 radical (unpaired) electrons. The minimum absolute atomic E-state index is 0.0174. The Labute approximate surface area is 72.2 Å². The highest BCUT2D eigenvalue weighted by molar-refractivity contribution is 5.94. The van der Waals surface area contributed by atoms with E-state index >= 15 is 0 Å². The molecule has 2 fully saturated rings. The third kappa shape index (κ3) is 0.418. The first-order valence-corrected chi connectivity index (χ1v) is 4.61. The van der Waals surface area contributed by atoms with Crippen molar-refractivity contribution < 1.29 is 4.79 Å². The average molecular weight is 160 g/mol. The van der Waals surface area contributed by atoms with Crippen molar-refractivity contribution >= 4 is 5.78 Å². The maximum Gasteiger partial charge on any atom is 0.140 e. The fraction of sp³-hybridized carbons (Fsp3) is 0.545. The average Bonchev–Trinajstić information content (AvgIpc) is 2.56. The zero-order valence-electron chi connectivity index (χ0n) is 7.21. The summed E-state index contributed by atoms with van der Waals surface area (Å²) in [6, 6.07) is 0. The van der Waals surface area contributed by atoms with Crippen molar-refractivity contribution in [3.05, 3.63) is 24.3 Å². The van der Waals surface area contributed by atoms with E-state index in [0.29, 0.717) is 11.7 Å². The molecule has 12 heavy (non-hydrogen) atoms. The maximum absolute atomic E-state index is 11.6. The van der Waals surface area contributed by atoms with Crippen LogP contribution in [0.1, 0.15) is 19.8 Å². The van der Waals surface area contributed by atoms with Gasteiger partial charge in [0.15, 0.2) is 0 Å². The first kappa shape index (κ1) is 6.64. The Bertz CT molecular complexity index is 322. The Morgan fingerprint density at radius 1 is 1.50 bits per heavy atom. The topological polar surface area (TPSA) is 17.1 Å². The number of Topliss-reactive ketones (excluding diaryl/α,β-unsaturated/α-hetero) is 1. The summed E-state index contributed by atoms with van der Waals surface area (Å²) in [5, 5.41) is 0. The highest BCUT2D eigenvalue weighted by Gasteiger charge is 2.77. The number of hydrogen-bond acceptors (Lipinski definition) is 1. The summed E-state index contributed by atoms with van der Waals surface area (Å²) >= 11 is 0. The van der Waals surface area contributed by atoms with Gasteiger partial charge in [0.1, 0.15) is 5.78 Å². The van der Waals surface area contributed by atoms with Gasteiger partial charge in [-0.3, -0.25) is 4.79 Å². The van der Waals surface area contributed by atoms with Gasteiger partial charge in [0.05, 0.1) is 0 Å². The number of allylic oxidation sites excluding steroid dienone is 4. The second kappa shape index (κ2) is 1.59. The SMILES string of the molecule is CC12C(=O)CCC13C=CC=CC32. The molecule has 2 saturated carbocycles. The first-order chi connectivity index (χ1) is 5.72. The summed E-state index contributed by atoms with van der Waals surface area (Å²) in [6.45, 7) is 2.13. The van der Waals surface area contributed by atoms with Crippen LogP contribution in [0, 0.1) is 16.7 Å². The van der Waals surface area contributed by atoms with Gasteiger partial charge in [0.2, 0.25) is 0 Å². The molecule has 3 aliphatic rings. The molecule has 0 heterocycles. The van der Waals surface area contributed by atoms with Gasteiger partial charge >= 0.3 is 0 Å². The summed E-state index contributed by atoms with van der Waals surface area (Å²) in [7, 11) is 0. The fourth-order valence-electron chi connectivity index (χ4n) is 3.31. The van der Waals surface area contributed by atoms with Crippen molar-refractivity contribution in [3.8, 4) is 0 Å². The van der Waals surface area contributed by atoms with E-state index in [4.69, 9.17) is 0 Å².